The van der Waals surface area contributed by atoms with E-state index in [4.69, 9.17) is 14.5 Å². The van der Waals surface area contributed by atoms with Crippen LogP contribution in [0.4, 0.5) is 4.79 Å². The lowest BCUT2D eigenvalue weighted by atomic mass is 10.1. The first-order valence-electron chi connectivity index (χ1n) is 13.3. The molecule has 0 saturated carbocycles. The molecule has 1 aromatic carbocycles. The quantitative estimate of drug-likeness (QED) is 0.413. The van der Waals surface area contributed by atoms with E-state index in [1.165, 1.54) is 5.56 Å². The van der Waals surface area contributed by atoms with Gasteiger partial charge in [-0.25, -0.2) is 19.7 Å². The van der Waals surface area contributed by atoms with Crippen molar-refractivity contribution in [1.29, 1.82) is 0 Å². The molecule has 3 aromatic heterocycles. The van der Waals surface area contributed by atoms with Gasteiger partial charge in [-0.3, -0.25) is 9.88 Å². The Morgan fingerprint density at radius 2 is 1.90 bits per heavy atom. The Labute approximate surface area is 227 Å². The third-order valence-electron chi connectivity index (χ3n) is 6.98. The zero-order chi connectivity index (χ0) is 27.0. The second-order valence-electron chi connectivity index (χ2n) is 11.1. The number of nitrogens with zero attached hydrogens (tertiary/aromatic N) is 6. The summed E-state index contributed by atoms with van der Waals surface area (Å²) in [6.45, 7) is 10.5. The minimum absolute atomic E-state index is 0.235. The highest BCUT2D eigenvalue weighted by Crippen LogP contribution is 2.29. The lowest BCUT2D eigenvalue weighted by Gasteiger charge is -2.35. The Morgan fingerprint density at radius 1 is 1.05 bits per heavy atom. The minimum Gasteiger partial charge on any atom is -0.444 e. The van der Waals surface area contributed by atoms with Gasteiger partial charge < -0.3 is 19.4 Å². The summed E-state index contributed by atoms with van der Waals surface area (Å²) in [4.78, 5) is 38.2. The largest absolute Gasteiger partial charge is 0.444 e. The molecule has 0 aliphatic carbocycles. The van der Waals surface area contributed by atoms with Crippen LogP contribution in [0.15, 0.2) is 42.9 Å². The molecule has 4 aromatic rings. The Hall–Kier alpha value is -3.89. The maximum absolute atomic E-state index is 12.4. The van der Waals surface area contributed by atoms with Gasteiger partial charge in [-0.1, -0.05) is 6.07 Å². The average molecular weight is 528 g/mol. The lowest BCUT2D eigenvalue weighted by molar-refractivity contribution is 0.0139. The Bertz CT molecular complexity index is 1500. The monoisotopic (exact) mass is 527 g/mol. The molecule has 1 fully saturated rings. The van der Waals surface area contributed by atoms with Crippen molar-refractivity contribution >= 4 is 17.1 Å². The number of piperazine rings is 1. The van der Waals surface area contributed by atoms with Gasteiger partial charge in [-0.2, -0.15) is 0 Å². The van der Waals surface area contributed by atoms with Gasteiger partial charge >= 0.3 is 6.09 Å². The van der Waals surface area contributed by atoms with Crippen molar-refractivity contribution in [3.05, 3.63) is 71.2 Å². The number of hydrogen-bond acceptors (Lipinski definition) is 8. The van der Waals surface area contributed by atoms with E-state index in [1.54, 1.807) is 11.2 Å². The minimum atomic E-state index is -0.476. The number of benzene rings is 1. The summed E-state index contributed by atoms with van der Waals surface area (Å²) < 4.78 is 11.1. The molecule has 1 N–H and O–H groups in total. The summed E-state index contributed by atoms with van der Waals surface area (Å²) in [7, 11) is 0. The Kier molecular flexibility index (Phi) is 6.74. The number of imidazole rings is 1. The van der Waals surface area contributed by atoms with Crippen LogP contribution in [-0.4, -0.2) is 72.6 Å². The van der Waals surface area contributed by atoms with Crippen LogP contribution < -0.4 is 0 Å². The smallest absolute Gasteiger partial charge is 0.410 e. The molecule has 10 nitrogen and oxygen atoms in total. The second-order valence-corrected chi connectivity index (χ2v) is 11.1. The number of rotatable bonds is 5. The number of fused-ring (bicyclic) bond motifs is 2. The summed E-state index contributed by atoms with van der Waals surface area (Å²) in [5.41, 5.74) is 7.52. The molecule has 1 amide bonds. The maximum Gasteiger partial charge on any atom is 0.410 e. The Balaban J connectivity index is 1.10. The predicted octanol–water partition coefficient (Wildman–Crippen LogP) is 4.09. The molecule has 5 heterocycles. The van der Waals surface area contributed by atoms with Gasteiger partial charge in [0.05, 0.1) is 35.6 Å². The molecular formula is C29H33N7O3. The molecule has 6 rings (SSSR count). The van der Waals surface area contributed by atoms with E-state index in [-0.39, 0.29) is 6.09 Å². The summed E-state index contributed by atoms with van der Waals surface area (Å²) in [5, 5.41) is 0. The fourth-order valence-electron chi connectivity index (χ4n) is 5.08. The van der Waals surface area contributed by atoms with Crippen molar-refractivity contribution in [2.24, 2.45) is 0 Å². The van der Waals surface area contributed by atoms with Crippen LogP contribution in [0.3, 0.4) is 0 Å². The normalized spacial score (nSPS) is 16.0. The van der Waals surface area contributed by atoms with E-state index in [0.717, 1.165) is 64.7 Å². The summed E-state index contributed by atoms with van der Waals surface area (Å²) >= 11 is 0. The number of aromatic nitrogens is 5. The zero-order valence-corrected chi connectivity index (χ0v) is 22.6. The second kappa shape index (κ2) is 10.3. The van der Waals surface area contributed by atoms with Crippen LogP contribution in [0, 0.1) is 0 Å². The molecule has 10 heteroatoms. The first kappa shape index (κ1) is 25.4. The van der Waals surface area contributed by atoms with Crippen molar-refractivity contribution in [2.75, 3.05) is 26.2 Å². The van der Waals surface area contributed by atoms with E-state index >= 15 is 0 Å². The zero-order valence-electron chi connectivity index (χ0n) is 22.6. The SMILES string of the molecule is CC(C)(C)OC(=O)N1CCN(Cc2ccnc(Cc3nc4ccc(-c5ncnc6c5COC6)cc4[nH]3)c2)CC1. The van der Waals surface area contributed by atoms with Gasteiger partial charge in [0, 0.05) is 62.2 Å². The van der Waals surface area contributed by atoms with Gasteiger partial charge in [0.25, 0.3) is 0 Å². The van der Waals surface area contributed by atoms with Crippen LogP contribution in [0.25, 0.3) is 22.3 Å². The number of H-pyrrole nitrogens is 1. The molecular weight excluding hydrogens is 494 g/mol. The van der Waals surface area contributed by atoms with Crippen LogP contribution in [0.1, 0.15) is 49.1 Å². The standard InChI is InChI=1S/C29H33N7O3/c1-29(2,3)39-28(37)36-10-8-35(9-11-36)15-19-6-7-30-21(12-19)14-26-33-23-5-4-20(13-24(23)34-26)27-22-16-38-17-25(22)31-18-32-27/h4-7,12-13,18H,8-11,14-17H2,1-3H3,(H,33,34). The third-order valence-corrected chi connectivity index (χ3v) is 6.98. The topological polar surface area (TPSA) is 109 Å². The lowest BCUT2D eigenvalue weighted by Crippen LogP contribution is -2.49. The first-order chi connectivity index (χ1) is 18.8. The molecule has 0 unspecified atom stereocenters. The predicted molar refractivity (Wildman–Crippen MR) is 146 cm³/mol. The number of carbonyl (C=O) groups excluding carboxylic acids is 1. The van der Waals surface area contributed by atoms with Crippen molar-refractivity contribution < 1.29 is 14.3 Å². The van der Waals surface area contributed by atoms with Crippen molar-refractivity contribution in [2.45, 2.75) is 52.6 Å². The number of aromatic amines is 1. The summed E-state index contributed by atoms with van der Waals surface area (Å²) in [5.74, 6) is 0.869. The number of pyridine rings is 1. The number of ether oxygens (including phenoxy) is 2. The van der Waals surface area contributed by atoms with E-state index in [0.29, 0.717) is 32.7 Å². The summed E-state index contributed by atoms with van der Waals surface area (Å²) in [6, 6.07) is 10.4. The highest BCUT2D eigenvalue weighted by Gasteiger charge is 2.26. The van der Waals surface area contributed by atoms with E-state index in [9.17, 15) is 4.79 Å². The molecule has 0 bridgehead atoms. The van der Waals surface area contributed by atoms with Crippen molar-refractivity contribution in [3.8, 4) is 11.3 Å². The molecule has 2 aliphatic heterocycles. The van der Waals surface area contributed by atoms with Crippen LogP contribution >= 0.6 is 0 Å². The van der Waals surface area contributed by atoms with Crippen LogP contribution in [0.5, 0.6) is 0 Å². The molecule has 1 saturated heterocycles. The average Bonchev–Trinajstić information content (AvgIpc) is 3.54. The fraction of sp³-hybridized carbons (Fsp3) is 0.414. The van der Waals surface area contributed by atoms with Crippen LogP contribution in [0.2, 0.25) is 0 Å². The fourth-order valence-corrected chi connectivity index (χ4v) is 5.08. The van der Waals surface area contributed by atoms with Gasteiger partial charge in [0.1, 0.15) is 17.8 Å². The number of amides is 1. The van der Waals surface area contributed by atoms with Gasteiger partial charge in [0.15, 0.2) is 0 Å². The Morgan fingerprint density at radius 3 is 2.72 bits per heavy atom. The highest BCUT2D eigenvalue weighted by molar-refractivity contribution is 5.82. The van der Waals surface area contributed by atoms with Crippen molar-refractivity contribution in [3.63, 3.8) is 0 Å². The third kappa shape index (κ3) is 5.76. The number of nitrogens with one attached hydrogen (secondary N) is 1. The molecule has 0 spiro atoms. The van der Waals surface area contributed by atoms with Crippen molar-refractivity contribution in [1.82, 2.24) is 34.7 Å². The first-order valence-corrected chi connectivity index (χ1v) is 13.3. The van der Waals surface area contributed by atoms with Crippen LogP contribution in [-0.2, 0) is 35.7 Å². The highest BCUT2D eigenvalue weighted by atomic mass is 16.6. The maximum atomic E-state index is 12.4. The molecule has 0 radical (unpaired) electrons. The number of carbonyl (C=O) groups is 1. The van der Waals surface area contributed by atoms with Gasteiger partial charge in [-0.05, 0) is 50.6 Å². The number of hydrogen-bond donors (Lipinski definition) is 1. The van der Waals surface area contributed by atoms with Gasteiger partial charge in [-0.15, -0.1) is 0 Å². The molecule has 39 heavy (non-hydrogen) atoms. The van der Waals surface area contributed by atoms with Gasteiger partial charge in [0.2, 0.25) is 0 Å². The molecule has 0 atom stereocenters. The van der Waals surface area contributed by atoms with E-state index < -0.39 is 5.60 Å². The molecule has 2 aliphatic rings. The van der Waals surface area contributed by atoms with E-state index in [2.05, 4.69) is 49.1 Å². The molecule has 202 valence electrons. The summed E-state index contributed by atoms with van der Waals surface area (Å²) in [6.07, 6.45) is 3.84. The van der Waals surface area contributed by atoms with E-state index in [1.807, 2.05) is 33.0 Å².